The number of anilines is 2. The van der Waals surface area contributed by atoms with Gasteiger partial charge in [0.1, 0.15) is 11.6 Å². The maximum absolute atomic E-state index is 9.03. The van der Waals surface area contributed by atoms with Crippen molar-refractivity contribution in [2.45, 2.75) is 26.7 Å². The van der Waals surface area contributed by atoms with E-state index in [-0.39, 0.29) is 6.61 Å². The Kier molecular flexibility index (Phi) is 6.32. The highest BCUT2D eigenvalue weighted by Gasteiger charge is 2.07. The average Bonchev–Trinajstić information content (AvgIpc) is 2.36. The van der Waals surface area contributed by atoms with Crippen LogP contribution in [0.15, 0.2) is 12.4 Å². The zero-order chi connectivity index (χ0) is 12.5. The maximum Gasteiger partial charge on any atom is 0.149 e. The molecule has 0 atom stereocenters. The molecule has 5 heteroatoms. The van der Waals surface area contributed by atoms with Crippen LogP contribution in [-0.4, -0.2) is 41.3 Å². The number of aliphatic hydroxyl groups is 1. The highest BCUT2D eigenvalue weighted by Crippen LogP contribution is 2.12. The molecule has 1 rings (SSSR count). The Morgan fingerprint density at radius 2 is 2.06 bits per heavy atom. The van der Waals surface area contributed by atoms with Crippen LogP contribution < -0.4 is 10.2 Å². The molecular weight excluding hydrogens is 216 g/mol. The summed E-state index contributed by atoms with van der Waals surface area (Å²) in [7, 11) is 0. The SMILES string of the molecule is CCCNc1cncc(N(CCC)CCO)n1. The van der Waals surface area contributed by atoms with Crippen molar-refractivity contribution < 1.29 is 5.11 Å². The van der Waals surface area contributed by atoms with Gasteiger partial charge in [0.05, 0.1) is 19.0 Å². The van der Waals surface area contributed by atoms with Crippen LogP contribution in [0.25, 0.3) is 0 Å². The molecule has 0 aliphatic heterocycles. The van der Waals surface area contributed by atoms with Crippen molar-refractivity contribution in [3.63, 3.8) is 0 Å². The number of nitrogens with one attached hydrogen (secondary N) is 1. The smallest absolute Gasteiger partial charge is 0.149 e. The lowest BCUT2D eigenvalue weighted by atomic mass is 10.4. The molecule has 1 aromatic heterocycles. The molecule has 17 heavy (non-hydrogen) atoms. The fraction of sp³-hybridized carbons (Fsp3) is 0.667. The monoisotopic (exact) mass is 238 g/mol. The fourth-order valence-corrected chi connectivity index (χ4v) is 1.58. The minimum atomic E-state index is 0.133. The summed E-state index contributed by atoms with van der Waals surface area (Å²) in [5, 5.41) is 12.2. The van der Waals surface area contributed by atoms with Crippen molar-refractivity contribution in [1.82, 2.24) is 9.97 Å². The zero-order valence-electron chi connectivity index (χ0n) is 10.7. The van der Waals surface area contributed by atoms with Gasteiger partial charge in [-0.1, -0.05) is 13.8 Å². The van der Waals surface area contributed by atoms with Crippen LogP contribution in [0.4, 0.5) is 11.6 Å². The molecule has 0 amide bonds. The van der Waals surface area contributed by atoms with Crippen molar-refractivity contribution in [2.75, 3.05) is 36.5 Å². The quantitative estimate of drug-likeness (QED) is 0.719. The van der Waals surface area contributed by atoms with Gasteiger partial charge < -0.3 is 15.3 Å². The van der Waals surface area contributed by atoms with Gasteiger partial charge in [0.2, 0.25) is 0 Å². The van der Waals surface area contributed by atoms with E-state index in [9.17, 15) is 0 Å². The Morgan fingerprint density at radius 3 is 2.71 bits per heavy atom. The summed E-state index contributed by atoms with van der Waals surface area (Å²) in [5.74, 6) is 1.62. The van der Waals surface area contributed by atoms with Crippen LogP contribution in [0.1, 0.15) is 26.7 Å². The second kappa shape index (κ2) is 7.84. The first-order chi connectivity index (χ1) is 8.31. The summed E-state index contributed by atoms with van der Waals surface area (Å²) in [6.45, 7) is 6.73. The molecular formula is C12H22N4O. The molecule has 0 aromatic carbocycles. The summed E-state index contributed by atoms with van der Waals surface area (Å²) >= 11 is 0. The fourth-order valence-electron chi connectivity index (χ4n) is 1.58. The molecule has 0 spiro atoms. The lowest BCUT2D eigenvalue weighted by molar-refractivity contribution is 0.301. The van der Waals surface area contributed by atoms with Gasteiger partial charge in [-0.05, 0) is 12.8 Å². The minimum Gasteiger partial charge on any atom is -0.395 e. The van der Waals surface area contributed by atoms with Gasteiger partial charge in [0, 0.05) is 19.6 Å². The molecule has 0 unspecified atom stereocenters. The highest BCUT2D eigenvalue weighted by atomic mass is 16.3. The molecule has 0 fully saturated rings. The number of aromatic nitrogens is 2. The summed E-state index contributed by atoms with van der Waals surface area (Å²) in [4.78, 5) is 10.7. The lowest BCUT2D eigenvalue weighted by Gasteiger charge is -2.22. The zero-order valence-corrected chi connectivity index (χ0v) is 10.7. The second-order valence-corrected chi connectivity index (χ2v) is 3.90. The van der Waals surface area contributed by atoms with Crippen LogP contribution in [0.2, 0.25) is 0 Å². The van der Waals surface area contributed by atoms with Crippen molar-refractivity contribution in [3.05, 3.63) is 12.4 Å². The van der Waals surface area contributed by atoms with E-state index in [0.29, 0.717) is 6.54 Å². The first-order valence-electron chi connectivity index (χ1n) is 6.23. The Hall–Kier alpha value is -1.36. The first kappa shape index (κ1) is 13.7. The Labute approximate surface area is 103 Å². The third-order valence-corrected chi connectivity index (χ3v) is 2.37. The highest BCUT2D eigenvalue weighted by molar-refractivity contribution is 5.43. The average molecular weight is 238 g/mol. The van der Waals surface area contributed by atoms with Crippen molar-refractivity contribution in [2.24, 2.45) is 0 Å². The van der Waals surface area contributed by atoms with Gasteiger partial charge in [0.15, 0.2) is 0 Å². The van der Waals surface area contributed by atoms with Gasteiger partial charge in [-0.2, -0.15) is 0 Å². The molecule has 2 N–H and O–H groups in total. The predicted octanol–water partition coefficient (Wildman–Crippen LogP) is 1.51. The Balaban J connectivity index is 2.72. The molecule has 0 radical (unpaired) electrons. The van der Waals surface area contributed by atoms with E-state index >= 15 is 0 Å². The Morgan fingerprint density at radius 1 is 1.24 bits per heavy atom. The van der Waals surface area contributed by atoms with E-state index in [1.165, 1.54) is 0 Å². The molecule has 1 aromatic rings. The molecule has 0 saturated heterocycles. The number of nitrogens with zero attached hydrogens (tertiary/aromatic N) is 3. The van der Waals surface area contributed by atoms with E-state index < -0.39 is 0 Å². The summed E-state index contributed by atoms with van der Waals surface area (Å²) in [6, 6.07) is 0. The van der Waals surface area contributed by atoms with Gasteiger partial charge >= 0.3 is 0 Å². The lowest BCUT2D eigenvalue weighted by Crippen LogP contribution is -2.28. The van der Waals surface area contributed by atoms with Gasteiger partial charge in [-0.25, -0.2) is 4.98 Å². The first-order valence-corrected chi connectivity index (χ1v) is 6.23. The van der Waals surface area contributed by atoms with E-state index in [1.807, 2.05) is 4.90 Å². The van der Waals surface area contributed by atoms with E-state index in [2.05, 4.69) is 29.1 Å². The van der Waals surface area contributed by atoms with E-state index in [1.54, 1.807) is 12.4 Å². The summed E-state index contributed by atoms with van der Waals surface area (Å²) in [6.07, 6.45) is 5.54. The normalized spacial score (nSPS) is 10.3. The van der Waals surface area contributed by atoms with Gasteiger partial charge in [0.25, 0.3) is 0 Å². The predicted molar refractivity (Wildman–Crippen MR) is 70.4 cm³/mol. The Bertz CT molecular complexity index is 313. The number of aliphatic hydroxyl groups excluding tert-OH is 1. The number of hydrogen-bond donors (Lipinski definition) is 2. The van der Waals surface area contributed by atoms with Crippen LogP contribution in [0.5, 0.6) is 0 Å². The van der Waals surface area contributed by atoms with Crippen LogP contribution in [0.3, 0.4) is 0 Å². The molecule has 0 aliphatic rings. The molecule has 5 nitrogen and oxygen atoms in total. The maximum atomic E-state index is 9.03. The summed E-state index contributed by atoms with van der Waals surface area (Å²) < 4.78 is 0. The molecule has 1 heterocycles. The third kappa shape index (κ3) is 4.56. The van der Waals surface area contributed by atoms with Crippen LogP contribution >= 0.6 is 0 Å². The third-order valence-electron chi connectivity index (χ3n) is 2.37. The standard InChI is InChI=1S/C12H22N4O/c1-3-5-14-11-9-13-10-12(15-11)16(6-4-2)7-8-17/h9-10,17H,3-8H2,1-2H3,(H,14,15). The summed E-state index contributed by atoms with van der Waals surface area (Å²) in [5.41, 5.74) is 0. The van der Waals surface area contributed by atoms with Crippen LogP contribution in [-0.2, 0) is 0 Å². The minimum absolute atomic E-state index is 0.133. The van der Waals surface area contributed by atoms with Crippen LogP contribution in [0, 0.1) is 0 Å². The largest absolute Gasteiger partial charge is 0.395 e. The van der Waals surface area contributed by atoms with Crippen molar-refractivity contribution in [3.8, 4) is 0 Å². The number of rotatable bonds is 8. The topological polar surface area (TPSA) is 61.3 Å². The van der Waals surface area contributed by atoms with E-state index in [4.69, 9.17) is 5.11 Å². The molecule has 96 valence electrons. The second-order valence-electron chi connectivity index (χ2n) is 3.90. The van der Waals surface area contributed by atoms with Crippen molar-refractivity contribution in [1.29, 1.82) is 0 Å². The molecule has 0 bridgehead atoms. The van der Waals surface area contributed by atoms with Gasteiger partial charge in [-0.15, -0.1) is 0 Å². The van der Waals surface area contributed by atoms with Gasteiger partial charge in [-0.3, -0.25) is 4.98 Å². The van der Waals surface area contributed by atoms with Crippen molar-refractivity contribution >= 4 is 11.6 Å². The number of hydrogen-bond acceptors (Lipinski definition) is 5. The molecule has 0 saturated carbocycles. The van der Waals surface area contributed by atoms with E-state index in [0.717, 1.165) is 37.6 Å². The molecule has 0 aliphatic carbocycles.